The summed E-state index contributed by atoms with van der Waals surface area (Å²) in [6.07, 6.45) is 0.802. The van der Waals surface area contributed by atoms with Gasteiger partial charge in [-0.2, -0.15) is 0 Å². The Hall–Kier alpha value is -3.12. The Morgan fingerprint density at radius 2 is 1.80 bits per heavy atom. The molecule has 0 spiro atoms. The molecule has 4 rings (SSSR count). The van der Waals surface area contributed by atoms with E-state index in [1.54, 1.807) is 10.6 Å². The minimum absolute atomic E-state index is 0.000607. The fraction of sp³-hybridized carbons (Fsp3) is 0.208. The summed E-state index contributed by atoms with van der Waals surface area (Å²) in [5, 5.41) is 6.32. The van der Waals surface area contributed by atoms with Gasteiger partial charge in [0.15, 0.2) is 5.16 Å². The number of carbonyl (C=O) groups excluding carboxylic acids is 1. The molecule has 0 fully saturated rings. The van der Waals surface area contributed by atoms with Crippen LogP contribution in [0.1, 0.15) is 26.3 Å². The van der Waals surface area contributed by atoms with Crippen LogP contribution in [0.2, 0.25) is 0 Å². The van der Waals surface area contributed by atoms with E-state index in [2.05, 4.69) is 10.3 Å². The summed E-state index contributed by atoms with van der Waals surface area (Å²) in [5.41, 5.74) is 1.34. The van der Waals surface area contributed by atoms with Crippen molar-refractivity contribution in [2.45, 2.75) is 31.5 Å². The summed E-state index contributed by atoms with van der Waals surface area (Å²) in [6, 6.07) is 21.2. The fourth-order valence-corrected chi connectivity index (χ4v) is 4.29. The van der Waals surface area contributed by atoms with E-state index < -0.39 is 0 Å². The van der Waals surface area contributed by atoms with Crippen LogP contribution < -0.4 is 10.9 Å². The van der Waals surface area contributed by atoms with Gasteiger partial charge in [0, 0.05) is 11.7 Å². The van der Waals surface area contributed by atoms with Gasteiger partial charge in [0.25, 0.3) is 5.56 Å². The third kappa shape index (κ3) is 4.09. The molecule has 4 aromatic rings. The van der Waals surface area contributed by atoms with Gasteiger partial charge in [0.05, 0.1) is 16.7 Å². The van der Waals surface area contributed by atoms with E-state index in [0.717, 1.165) is 22.9 Å². The van der Waals surface area contributed by atoms with Gasteiger partial charge in [0.2, 0.25) is 5.91 Å². The summed E-state index contributed by atoms with van der Waals surface area (Å²) >= 11 is 1.29. The molecular weight excluding hydrogens is 394 g/mol. The van der Waals surface area contributed by atoms with Crippen molar-refractivity contribution >= 4 is 45.0 Å². The number of hydrogen-bond donors (Lipinski definition) is 1. The molecular formula is C24H23N3O2S. The van der Waals surface area contributed by atoms with Gasteiger partial charge in [-0.25, -0.2) is 4.98 Å². The van der Waals surface area contributed by atoms with Crippen LogP contribution >= 0.6 is 11.8 Å². The molecule has 0 bridgehead atoms. The van der Waals surface area contributed by atoms with E-state index in [-0.39, 0.29) is 23.3 Å². The normalized spacial score (nSPS) is 12.2. The van der Waals surface area contributed by atoms with Crippen LogP contribution in [0.15, 0.2) is 76.7 Å². The van der Waals surface area contributed by atoms with Gasteiger partial charge in [0.1, 0.15) is 0 Å². The summed E-state index contributed by atoms with van der Waals surface area (Å²) in [4.78, 5) is 30.3. The van der Waals surface area contributed by atoms with Gasteiger partial charge in [-0.15, -0.1) is 0 Å². The van der Waals surface area contributed by atoms with Crippen LogP contribution in [-0.4, -0.2) is 21.2 Å². The molecule has 0 aliphatic carbocycles. The summed E-state index contributed by atoms with van der Waals surface area (Å²) in [7, 11) is 0. The van der Waals surface area contributed by atoms with E-state index in [9.17, 15) is 9.59 Å². The maximum Gasteiger partial charge on any atom is 0.262 e. The number of carbonyl (C=O) groups is 1. The number of rotatable bonds is 6. The van der Waals surface area contributed by atoms with E-state index in [1.165, 1.54) is 11.8 Å². The fourth-order valence-electron chi connectivity index (χ4n) is 3.39. The quantitative estimate of drug-likeness (QED) is 0.344. The van der Waals surface area contributed by atoms with Crippen molar-refractivity contribution in [1.82, 2.24) is 9.55 Å². The highest BCUT2D eigenvalue weighted by molar-refractivity contribution is 7.99. The number of fused-ring (bicyclic) bond motifs is 2. The number of hydrogen-bond acceptors (Lipinski definition) is 4. The van der Waals surface area contributed by atoms with Crippen molar-refractivity contribution in [3.05, 3.63) is 77.1 Å². The smallest absolute Gasteiger partial charge is 0.262 e. The molecule has 1 heterocycles. The second-order valence-corrected chi connectivity index (χ2v) is 8.19. The molecule has 1 aromatic heterocycles. The highest BCUT2D eigenvalue weighted by Crippen LogP contribution is 2.23. The number of anilines is 1. The maximum atomic E-state index is 13.0. The Kier molecular flexibility index (Phi) is 5.86. The van der Waals surface area contributed by atoms with E-state index in [0.29, 0.717) is 16.1 Å². The molecule has 0 aliphatic heterocycles. The third-order valence-corrected chi connectivity index (χ3v) is 6.13. The zero-order valence-electron chi connectivity index (χ0n) is 17.0. The molecule has 30 heavy (non-hydrogen) atoms. The van der Waals surface area contributed by atoms with E-state index >= 15 is 0 Å². The maximum absolute atomic E-state index is 13.0. The predicted molar refractivity (Wildman–Crippen MR) is 124 cm³/mol. The van der Waals surface area contributed by atoms with Crippen LogP contribution in [0.5, 0.6) is 0 Å². The number of nitrogens with one attached hydrogen (secondary N) is 1. The predicted octanol–water partition coefficient (Wildman–Crippen LogP) is 5.25. The summed E-state index contributed by atoms with van der Waals surface area (Å²) in [5.74, 6) is 0.0435. The average molecular weight is 418 g/mol. The van der Waals surface area contributed by atoms with Crippen molar-refractivity contribution in [2.24, 2.45) is 0 Å². The first-order chi connectivity index (χ1) is 14.6. The molecule has 0 saturated heterocycles. The van der Waals surface area contributed by atoms with Gasteiger partial charge < -0.3 is 5.32 Å². The monoisotopic (exact) mass is 417 g/mol. The van der Waals surface area contributed by atoms with Crippen LogP contribution in [0.3, 0.4) is 0 Å². The highest BCUT2D eigenvalue weighted by atomic mass is 32.2. The lowest BCUT2D eigenvalue weighted by Crippen LogP contribution is -2.26. The molecule has 3 aromatic carbocycles. The number of para-hydroxylation sites is 1. The van der Waals surface area contributed by atoms with Gasteiger partial charge in [-0.1, -0.05) is 61.2 Å². The SMILES string of the molecule is CC[C@@H](C)n1c(SCC(=O)Nc2ccc3ccccc3c2)nc2ccccc2c1=O. The zero-order valence-corrected chi connectivity index (χ0v) is 17.8. The Balaban J connectivity index is 1.56. The van der Waals surface area contributed by atoms with Crippen LogP contribution in [0.4, 0.5) is 5.69 Å². The summed E-state index contributed by atoms with van der Waals surface area (Å²) in [6.45, 7) is 4.03. The Bertz CT molecular complexity index is 1280. The van der Waals surface area contributed by atoms with Crippen LogP contribution in [-0.2, 0) is 4.79 Å². The highest BCUT2D eigenvalue weighted by Gasteiger charge is 2.16. The zero-order chi connectivity index (χ0) is 21.1. The number of benzene rings is 3. The first-order valence-electron chi connectivity index (χ1n) is 9.99. The molecule has 1 amide bonds. The molecule has 0 saturated carbocycles. The molecule has 1 atom stereocenters. The van der Waals surface area contributed by atoms with Crippen LogP contribution in [0, 0.1) is 0 Å². The molecule has 1 N–H and O–H groups in total. The topological polar surface area (TPSA) is 64.0 Å². The molecule has 6 heteroatoms. The minimum atomic E-state index is -0.131. The van der Waals surface area contributed by atoms with Gasteiger partial charge in [-0.3, -0.25) is 14.2 Å². The van der Waals surface area contributed by atoms with Gasteiger partial charge in [-0.05, 0) is 48.4 Å². The first-order valence-corrected chi connectivity index (χ1v) is 11.0. The van der Waals surface area contributed by atoms with Crippen molar-refractivity contribution < 1.29 is 4.79 Å². The number of thioether (sulfide) groups is 1. The van der Waals surface area contributed by atoms with Crippen molar-refractivity contribution in [1.29, 1.82) is 0 Å². The molecule has 0 unspecified atom stereocenters. The lowest BCUT2D eigenvalue weighted by atomic mass is 10.1. The second kappa shape index (κ2) is 8.71. The first kappa shape index (κ1) is 20.2. The number of amides is 1. The molecule has 5 nitrogen and oxygen atoms in total. The number of aromatic nitrogens is 2. The second-order valence-electron chi connectivity index (χ2n) is 7.24. The Morgan fingerprint density at radius 3 is 2.60 bits per heavy atom. The van der Waals surface area contributed by atoms with Gasteiger partial charge >= 0.3 is 0 Å². The Morgan fingerprint density at radius 1 is 1.07 bits per heavy atom. The lowest BCUT2D eigenvalue weighted by molar-refractivity contribution is -0.113. The third-order valence-electron chi connectivity index (χ3n) is 5.17. The molecule has 0 radical (unpaired) electrons. The van der Waals surface area contributed by atoms with Crippen LogP contribution in [0.25, 0.3) is 21.7 Å². The van der Waals surface area contributed by atoms with Crippen molar-refractivity contribution in [3.63, 3.8) is 0 Å². The molecule has 0 aliphatic rings. The molecule has 152 valence electrons. The van der Waals surface area contributed by atoms with Crippen molar-refractivity contribution in [2.75, 3.05) is 11.1 Å². The Labute approximate surface area is 179 Å². The average Bonchev–Trinajstić information content (AvgIpc) is 2.77. The lowest BCUT2D eigenvalue weighted by Gasteiger charge is -2.18. The van der Waals surface area contributed by atoms with E-state index in [4.69, 9.17) is 0 Å². The minimum Gasteiger partial charge on any atom is -0.325 e. The number of nitrogens with zero attached hydrogens (tertiary/aromatic N) is 2. The largest absolute Gasteiger partial charge is 0.325 e. The van der Waals surface area contributed by atoms with E-state index in [1.807, 2.05) is 74.5 Å². The summed E-state index contributed by atoms with van der Waals surface area (Å²) < 4.78 is 1.70. The standard InChI is InChI=1S/C24H23N3O2S/c1-3-16(2)27-23(29)20-10-6-7-11-21(20)26-24(27)30-15-22(28)25-19-13-12-17-8-4-5-9-18(17)14-19/h4-14,16H,3,15H2,1-2H3,(H,25,28)/t16-/m1/s1. The van der Waals surface area contributed by atoms with Crippen molar-refractivity contribution in [3.8, 4) is 0 Å².